The van der Waals surface area contributed by atoms with Gasteiger partial charge in [-0.15, -0.1) is 0 Å². The number of aliphatic carboxylic acids is 1. The highest BCUT2D eigenvalue weighted by Crippen LogP contribution is 2.33. The molecule has 0 aliphatic rings. The first-order valence-electron chi connectivity index (χ1n) is 7.26. The summed E-state index contributed by atoms with van der Waals surface area (Å²) < 4.78 is 1.64. The summed E-state index contributed by atoms with van der Waals surface area (Å²) in [6.07, 6.45) is 2.44. The second kappa shape index (κ2) is 8.50. The largest absolute Gasteiger partial charge is 0.478 e. The van der Waals surface area contributed by atoms with Crippen LogP contribution in [0, 0.1) is 0 Å². The van der Waals surface area contributed by atoms with Crippen molar-refractivity contribution in [3.8, 4) is 11.1 Å². The van der Waals surface area contributed by atoms with Crippen molar-refractivity contribution in [3.63, 3.8) is 0 Å². The summed E-state index contributed by atoms with van der Waals surface area (Å²) in [5, 5.41) is 23.8. The van der Waals surface area contributed by atoms with Crippen LogP contribution in [0.5, 0.6) is 0 Å². The third-order valence-electron chi connectivity index (χ3n) is 3.13. The smallest absolute Gasteiger partial charge is 0.331 e. The molecule has 0 spiro atoms. The number of aliphatic hydroxyl groups excluding tert-OH is 1. The molecule has 2 N–H and O–H groups in total. The second-order valence-electron chi connectivity index (χ2n) is 4.76. The molecular formula is C17H21ClN2O3. The first kappa shape index (κ1) is 18.9. The number of aliphatic hydroxyl groups is 1. The summed E-state index contributed by atoms with van der Waals surface area (Å²) in [6.45, 7) is 7.44. The number of aryl methyl sites for hydroxylation is 1. The molecule has 0 bridgehead atoms. The highest BCUT2D eigenvalue weighted by atomic mass is 35.5. The quantitative estimate of drug-likeness (QED) is 0.814. The van der Waals surface area contributed by atoms with Gasteiger partial charge in [0.15, 0.2) is 0 Å². The maximum absolute atomic E-state index is 10.8. The van der Waals surface area contributed by atoms with Gasteiger partial charge in [-0.05, 0) is 23.3 Å². The topological polar surface area (TPSA) is 75.4 Å². The average Bonchev–Trinajstić information content (AvgIpc) is 2.95. The maximum atomic E-state index is 10.8. The molecule has 1 unspecified atom stereocenters. The second-order valence-corrected chi connectivity index (χ2v) is 5.20. The fraction of sp³-hybridized carbons (Fsp3) is 0.294. The van der Waals surface area contributed by atoms with Crippen LogP contribution in [0.4, 0.5) is 0 Å². The van der Waals surface area contributed by atoms with Gasteiger partial charge in [-0.25, -0.2) is 4.79 Å². The standard InChI is InChI=1S/C15H15ClN2O3.C2H6/c1-9(15(20)21)5-14(19)12-4-3-11(16)6-13(12)10-7-17-18(2)8-10;1-2/h3-4,6-8,14,19H,1,5H2,2H3,(H,20,21);1-2H3. The third kappa shape index (κ3) is 4.94. The highest BCUT2D eigenvalue weighted by Gasteiger charge is 2.18. The molecule has 0 fully saturated rings. The van der Waals surface area contributed by atoms with Gasteiger partial charge in [-0.1, -0.05) is 38.1 Å². The summed E-state index contributed by atoms with van der Waals surface area (Å²) in [6, 6.07) is 5.06. The number of rotatable bonds is 5. The number of carboxylic acid groups (broad SMARTS) is 1. The van der Waals surface area contributed by atoms with Crippen molar-refractivity contribution >= 4 is 17.6 Å². The summed E-state index contributed by atoms with van der Waals surface area (Å²) in [5.41, 5.74) is 2.07. The van der Waals surface area contributed by atoms with Crippen molar-refractivity contribution in [2.45, 2.75) is 26.4 Å². The molecule has 2 aromatic rings. The number of carboxylic acids is 1. The predicted octanol–water partition coefficient (Wildman–Crippen LogP) is 3.83. The van der Waals surface area contributed by atoms with Crippen LogP contribution in [0.3, 0.4) is 0 Å². The van der Waals surface area contributed by atoms with Crippen molar-refractivity contribution in [2.24, 2.45) is 7.05 Å². The molecule has 1 atom stereocenters. The Kier molecular flexibility index (Phi) is 7.00. The van der Waals surface area contributed by atoms with Crippen LogP contribution < -0.4 is 0 Å². The minimum atomic E-state index is -1.12. The van der Waals surface area contributed by atoms with Crippen LogP contribution in [0.25, 0.3) is 11.1 Å². The summed E-state index contributed by atoms with van der Waals surface area (Å²) in [4.78, 5) is 10.8. The van der Waals surface area contributed by atoms with Crippen molar-refractivity contribution in [3.05, 3.63) is 53.3 Å². The zero-order valence-corrected chi connectivity index (χ0v) is 14.2. The van der Waals surface area contributed by atoms with E-state index in [0.717, 1.165) is 11.1 Å². The summed E-state index contributed by atoms with van der Waals surface area (Å²) >= 11 is 6.01. The van der Waals surface area contributed by atoms with Crippen molar-refractivity contribution in [2.75, 3.05) is 0 Å². The summed E-state index contributed by atoms with van der Waals surface area (Å²) in [5.74, 6) is -1.12. The molecule has 0 radical (unpaired) electrons. The van der Waals surface area contributed by atoms with Crippen LogP contribution in [-0.2, 0) is 11.8 Å². The van der Waals surface area contributed by atoms with E-state index < -0.39 is 12.1 Å². The molecule has 0 saturated heterocycles. The molecule has 124 valence electrons. The fourth-order valence-corrected chi connectivity index (χ4v) is 2.23. The molecule has 5 nitrogen and oxygen atoms in total. The molecular weight excluding hydrogens is 316 g/mol. The molecule has 0 aliphatic heterocycles. The van der Waals surface area contributed by atoms with Gasteiger partial charge in [-0.3, -0.25) is 4.68 Å². The van der Waals surface area contributed by atoms with Crippen molar-refractivity contribution in [1.29, 1.82) is 0 Å². The lowest BCUT2D eigenvalue weighted by atomic mass is 9.95. The molecule has 6 heteroatoms. The lowest BCUT2D eigenvalue weighted by Gasteiger charge is -2.15. The Bertz CT molecular complexity index is 695. The van der Waals surface area contributed by atoms with Gasteiger partial charge in [0, 0.05) is 35.8 Å². The van der Waals surface area contributed by atoms with E-state index in [0.29, 0.717) is 10.6 Å². The van der Waals surface area contributed by atoms with Gasteiger partial charge in [0.2, 0.25) is 0 Å². The summed E-state index contributed by atoms with van der Waals surface area (Å²) in [7, 11) is 1.79. The zero-order valence-electron chi connectivity index (χ0n) is 13.5. The first-order chi connectivity index (χ1) is 10.9. The van der Waals surface area contributed by atoms with E-state index >= 15 is 0 Å². The Balaban J connectivity index is 0.00000127. The van der Waals surface area contributed by atoms with E-state index in [1.165, 1.54) is 0 Å². The average molecular weight is 337 g/mol. The van der Waals surface area contributed by atoms with Crippen LogP contribution in [0.1, 0.15) is 31.9 Å². The van der Waals surface area contributed by atoms with Crippen molar-refractivity contribution in [1.82, 2.24) is 9.78 Å². The SMILES string of the molecule is C=C(CC(O)c1ccc(Cl)cc1-c1cnn(C)c1)C(=O)O.CC. The Hall–Kier alpha value is -2.11. The Morgan fingerprint density at radius 2 is 2.09 bits per heavy atom. The molecule has 0 saturated carbocycles. The van der Waals surface area contributed by atoms with E-state index in [9.17, 15) is 9.90 Å². The predicted molar refractivity (Wildman–Crippen MR) is 91.4 cm³/mol. The van der Waals surface area contributed by atoms with Gasteiger partial charge in [0.25, 0.3) is 0 Å². The van der Waals surface area contributed by atoms with Gasteiger partial charge in [0.05, 0.1) is 12.3 Å². The Morgan fingerprint density at radius 1 is 1.43 bits per heavy atom. The minimum Gasteiger partial charge on any atom is -0.478 e. The zero-order chi connectivity index (χ0) is 17.6. The number of hydrogen-bond donors (Lipinski definition) is 2. The monoisotopic (exact) mass is 336 g/mol. The van der Waals surface area contributed by atoms with E-state index in [4.69, 9.17) is 16.7 Å². The Morgan fingerprint density at radius 3 is 2.61 bits per heavy atom. The number of benzene rings is 1. The normalized spacial score (nSPS) is 11.3. The number of hydrogen-bond acceptors (Lipinski definition) is 3. The van der Waals surface area contributed by atoms with Crippen LogP contribution >= 0.6 is 11.6 Å². The lowest BCUT2D eigenvalue weighted by Crippen LogP contribution is -2.06. The lowest BCUT2D eigenvalue weighted by molar-refractivity contribution is -0.133. The molecule has 1 aromatic heterocycles. The molecule has 0 aliphatic carbocycles. The highest BCUT2D eigenvalue weighted by molar-refractivity contribution is 6.30. The molecule has 1 heterocycles. The van der Waals surface area contributed by atoms with E-state index in [-0.39, 0.29) is 12.0 Å². The molecule has 0 amide bonds. The van der Waals surface area contributed by atoms with E-state index in [1.54, 1.807) is 42.3 Å². The van der Waals surface area contributed by atoms with Gasteiger partial charge >= 0.3 is 5.97 Å². The number of halogens is 1. The number of aromatic nitrogens is 2. The Labute approximate surface area is 140 Å². The van der Waals surface area contributed by atoms with Crippen molar-refractivity contribution < 1.29 is 15.0 Å². The maximum Gasteiger partial charge on any atom is 0.331 e. The van der Waals surface area contributed by atoms with E-state index in [1.807, 2.05) is 13.8 Å². The third-order valence-corrected chi connectivity index (χ3v) is 3.37. The van der Waals surface area contributed by atoms with E-state index in [2.05, 4.69) is 11.7 Å². The number of nitrogens with zero attached hydrogens (tertiary/aromatic N) is 2. The van der Waals surface area contributed by atoms with Gasteiger partial charge in [0.1, 0.15) is 0 Å². The molecule has 2 rings (SSSR count). The van der Waals surface area contributed by atoms with Crippen LogP contribution in [0.2, 0.25) is 5.02 Å². The fourth-order valence-electron chi connectivity index (χ4n) is 2.06. The van der Waals surface area contributed by atoms with Crippen LogP contribution in [-0.4, -0.2) is 26.0 Å². The minimum absolute atomic E-state index is 0.0467. The number of carbonyl (C=O) groups is 1. The first-order valence-corrected chi connectivity index (χ1v) is 7.64. The molecule has 23 heavy (non-hydrogen) atoms. The van der Waals surface area contributed by atoms with Gasteiger partial charge in [-0.2, -0.15) is 5.10 Å². The van der Waals surface area contributed by atoms with Gasteiger partial charge < -0.3 is 10.2 Å². The van der Waals surface area contributed by atoms with Crippen LogP contribution in [0.15, 0.2) is 42.7 Å². The molecule has 1 aromatic carbocycles.